The van der Waals surface area contributed by atoms with Gasteiger partial charge in [-0.25, -0.2) is 37.3 Å². The second kappa shape index (κ2) is 31.0. The molecule has 6 aromatic heterocycles. The molecule has 6 aromatic rings. The van der Waals surface area contributed by atoms with E-state index >= 15 is 0 Å². The van der Waals surface area contributed by atoms with Crippen LogP contribution >= 0.6 is 0 Å². The van der Waals surface area contributed by atoms with Gasteiger partial charge in [0.25, 0.3) is 0 Å². The zero-order valence-electron chi connectivity index (χ0n) is 30.3. The van der Waals surface area contributed by atoms with Gasteiger partial charge in [0.2, 0.25) is 0 Å². The van der Waals surface area contributed by atoms with E-state index < -0.39 is 20.5 Å². The van der Waals surface area contributed by atoms with Crippen molar-refractivity contribution >= 4 is 0 Å². The van der Waals surface area contributed by atoms with Gasteiger partial charge < -0.3 is 11.0 Å². The van der Waals surface area contributed by atoms with E-state index in [0.717, 1.165) is 73.4 Å². The number of hydrogen-bond donors (Lipinski definition) is 0. The number of rotatable bonds is 12. The van der Waals surface area contributed by atoms with Crippen molar-refractivity contribution in [2.75, 3.05) is 0 Å². The molecule has 0 saturated carbocycles. The molecule has 0 saturated heterocycles. The molecule has 58 heavy (non-hydrogen) atoms. The minimum absolute atomic E-state index is 0. The fourth-order valence-corrected chi connectivity index (χ4v) is 4.66. The van der Waals surface area contributed by atoms with Gasteiger partial charge in [-0.2, -0.15) is 0 Å². The molecule has 6 rings (SSSR count). The molecule has 18 nitrogen and oxygen atoms in total. The largest absolute Gasteiger partial charge is 0.412 e. The van der Waals surface area contributed by atoms with E-state index in [2.05, 4.69) is 39.7 Å². The molecule has 0 radical (unpaired) electrons. The predicted octanol–water partition coefficient (Wildman–Crippen LogP) is -5.02. The quantitative estimate of drug-likeness (QED) is 0.104. The van der Waals surface area contributed by atoms with Crippen molar-refractivity contribution < 1.29 is 102 Å². The summed E-state index contributed by atoms with van der Waals surface area (Å²) in [6.07, 6.45) is 11.0. The number of pyridine rings is 6. The Morgan fingerprint density at radius 3 is 0.552 bits per heavy atom. The maximum Gasteiger partial charge on any atom is 0.0544 e. The molecular formula is C36H40Cl2N8Ni2O10-2. The van der Waals surface area contributed by atoms with Crippen LogP contribution in [-0.2, 0) is 72.3 Å². The van der Waals surface area contributed by atoms with Crippen LogP contribution in [0.5, 0.6) is 0 Å². The molecule has 0 aliphatic carbocycles. The third-order valence-corrected chi connectivity index (χ3v) is 6.67. The fraction of sp³-hybridized carbons (Fsp3) is 0.167. The summed E-state index contributed by atoms with van der Waals surface area (Å²) in [6, 6.07) is 36.0. The van der Waals surface area contributed by atoms with Crippen molar-refractivity contribution in [3.8, 4) is 0 Å². The third kappa shape index (κ3) is 29.2. The van der Waals surface area contributed by atoms with Crippen molar-refractivity contribution in [2.24, 2.45) is 0 Å². The van der Waals surface area contributed by atoms with Gasteiger partial charge in [0.15, 0.2) is 0 Å². The van der Waals surface area contributed by atoms with Crippen molar-refractivity contribution in [3.63, 3.8) is 0 Å². The van der Waals surface area contributed by atoms with Gasteiger partial charge in [-0.05, 0) is 72.8 Å². The summed E-state index contributed by atoms with van der Waals surface area (Å²) in [5, 5.41) is 0. The van der Waals surface area contributed by atoms with Gasteiger partial charge in [-0.3, -0.25) is 39.7 Å². The standard InChI is InChI=1S/2C18H18N4.2ClHO4.2Ni.2H2O/c2*1-4-10-19-16(7-1)13-22(14-17-8-2-5-11-20-17)15-18-9-3-6-12-21-18;2*2-1(3,4)5;;;;/h2*1-12H,13-15H2;2*(H,2,3,4,5);;;2*1H2/p-2. The van der Waals surface area contributed by atoms with E-state index in [1.807, 2.05) is 146 Å². The summed E-state index contributed by atoms with van der Waals surface area (Å²) in [4.78, 5) is 31.1. The molecule has 0 bridgehead atoms. The first-order valence-electron chi connectivity index (χ1n) is 15.9. The summed E-state index contributed by atoms with van der Waals surface area (Å²) in [5.74, 6) is 0. The summed E-state index contributed by atoms with van der Waals surface area (Å²) in [6.45, 7) is 4.63. The Hall–Kier alpha value is -4.01. The topological polar surface area (TPSA) is 331 Å². The number of hydrogen-bond acceptors (Lipinski definition) is 16. The van der Waals surface area contributed by atoms with E-state index in [1.54, 1.807) is 0 Å². The van der Waals surface area contributed by atoms with Gasteiger partial charge in [-0.1, -0.05) is 36.4 Å². The second-order valence-corrected chi connectivity index (χ2v) is 12.5. The number of halogens is 2. The SMILES string of the molecule is O.O.[Ni].[Ni].[O-][Cl+3]([O-])([O-])[O-].[O-][Cl+3]([O-])([O-])[O-].c1ccc(CN(Cc2ccccn2)Cc2ccccn2)nc1.c1ccc(CN(Cc2ccccn2)Cc2ccccn2)nc1. The van der Waals surface area contributed by atoms with Crippen molar-refractivity contribution in [1.29, 1.82) is 0 Å². The molecule has 0 unspecified atom stereocenters. The monoisotopic (exact) mass is 930 g/mol. The molecule has 22 heteroatoms. The van der Waals surface area contributed by atoms with Crippen molar-refractivity contribution in [2.45, 2.75) is 39.3 Å². The zero-order valence-corrected chi connectivity index (χ0v) is 33.8. The molecule has 4 N–H and O–H groups in total. The second-order valence-electron chi connectivity index (χ2n) is 11.0. The van der Waals surface area contributed by atoms with Crippen molar-refractivity contribution in [3.05, 3.63) is 181 Å². The van der Waals surface area contributed by atoms with Gasteiger partial charge in [0.05, 0.1) is 34.2 Å². The van der Waals surface area contributed by atoms with E-state index in [1.165, 1.54) is 0 Å². The number of aromatic nitrogens is 6. The molecule has 0 fully saturated rings. The van der Waals surface area contributed by atoms with Gasteiger partial charge >= 0.3 is 0 Å². The van der Waals surface area contributed by atoms with Crippen LogP contribution in [0.15, 0.2) is 146 Å². The normalized spacial score (nSPS) is 10.2. The summed E-state index contributed by atoms with van der Waals surface area (Å²) in [5.41, 5.74) is 6.30. The Labute approximate surface area is 359 Å². The number of nitrogens with zero attached hydrogens (tertiary/aromatic N) is 8. The maximum absolute atomic E-state index is 8.49. The van der Waals surface area contributed by atoms with Gasteiger partial charge in [0.1, 0.15) is 0 Å². The van der Waals surface area contributed by atoms with Crippen LogP contribution in [0.25, 0.3) is 0 Å². The Morgan fingerprint density at radius 1 is 0.310 bits per heavy atom. The molecule has 0 amide bonds. The third-order valence-electron chi connectivity index (χ3n) is 6.67. The summed E-state index contributed by atoms with van der Waals surface area (Å²) < 4.78 is 67.9. The molecule has 0 aliphatic rings. The molecule has 0 aromatic carbocycles. The minimum atomic E-state index is -4.94. The summed E-state index contributed by atoms with van der Waals surface area (Å²) >= 11 is 0. The smallest absolute Gasteiger partial charge is 0.0544 e. The van der Waals surface area contributed by atoms with Crippen LogP contribution in [0.2, 0.25) is 0 Å². The van der Waals surface area contributed by atoms with E-state index in [4.69, 9.17) is 37.3 Å². The maximum atomic E-state index is 8.49. The predicted molar refractivity (Wildman–Crippen MR) is 179 cm³/mol. The Balaban J connectivity index is 0. The molecular weight excluding hydrogens is 893 g/mol. The zero-order chi connectivity index (χ0) is 39.1. The van der Waals surface area contributed by atoms with Crippen molar-refractivity contribution in [1.82, 2.24) is 39.7 Å². The van der Waals surface area contributed by atoms with Gasteiger partial charge in [-0.15, -0.1) is 20.5 Å². The van der Waals surface area contributed by atoms with Crippen LogP contribution in [-0.4, -0.2) is 50.7 Å². The van der Waals surface area contributed by atoms with E-state index in [0.29, 0.717) is 0 Å². The first-order chi connectivity index (χ1) is 25.8. The molecule has 6 heterocycles. The molecule has 0 aliphatic heterocycles. The Kier molecular flexibility index (Phi) is 30.0. The van der Waals surface area contributed by atoms with Crippen LogP contribution in [0.4, 0.5) is 0 Å². The van der Waals surface area contributed by atoms with Crippen LogP contribution in [0.1, 0.15) is 34.2 Å². The van der Waals surface area contributed by atoms with E-state index in [-0.39, 0.29) is 43.9 Å². The van der Waals surface area contributed by atoms with Crippen LogP contribution in [0.3, 0.4) is 0 Å². The molecule has 320 valence electrons. The molecule has 0 spiro atoms. The van der Waals surface area contributed by atoms with Crippen LogP contribution in [0, 0.1) is 20.5 Å². The first kappa shape index (κ1) is 56.1. The van der Waals surface area contributed by atoms with Crippen LogP contribution < -0.4 is 37.3 Å². The van der Waals surface area contributed by atoms with Gasteiger partial charge in [0, 0.05) is 109 Å². The average Bonchev–Trinajstić information content (AvgIpc) is 3.13. The summed E-state index contributed by atoms with van der Waals surface area (Å²) in [7, 11) is -9.89. The fourth-order valence-electron chi connectivity index (χ4n) is 4.66. The first-order valence-corrected chi connectivity index (χ1v) is 18.3. The Bertz CT molecular complexity index is 1490. The average molecular weight is 933 g/mol. The molecule has 0 atom stereocenters. The minimum Gasteiger partial charge on any atom is -0.412 e. The van der Waals surface area contributed by atoms with E-state index in [9.17, 15) is 0 Å². The Morgan fingerprint density at radius 2 is 0.448 bits per heavy atom.